The summed E-state index contributed by atoms with van der Waals surface area (Å²) in [4.78, 5) is 25.3. The average molecular weight is 474 g/mol. The first-order valence-corrected chi connectivity index (χ1v) is 12.2. The van der Waals surface area contributed by atoms with E-state index < -0.39 is 15.9 Å². The van der Waals surface area contributed by atoms with E-state index in [2.05, 4.69) is 10.6 Å². The van der Waals surface area contributed by atoms with Gasteiger partial charge in [-0.15, -0.1) is 11.3 Å². The number of rotatable bonds is 8. The molecular weight excluding hydrogens is 450 g/mol. The van der Waals surface area contributed by atoms with Gasteiger partial charge in [0.1, 0.15) is 5.75 Å². The van der Waals surface area contributed by atoms with Gasteiger partial charge in [-0.3, -0.25) is 9.59 Å². The fourth-order valence-corrected chi connectivity index (χ4v) is 5.09. The molecule has 0 atom stereocenters. The fourth-order valence-electron chi connectivity index (χ4n) is 2.99. The number of anilines is 2. The van der Waals surface area contributed by atoms with Gasteiger partial charge in [-0.25, -0.2) is 8.42 Å². The molecule has 168 valence electrons. The molecule has 0 saturated carbocycles. The van der Waals surface area contributed by atoms with Gasteiger partial charge in [-0.1, -0.05) is 19.9 Å². The zero-order chi connectivity index (χ0) is 23.3. The van der Waals surface area contributed by atoms with E-state index in [0.717, 1.165) is 0 Å². The van der Waals surface area contributed by atoms with Crippen molar-refractivity contribution in [1.82, 2.24) is 4.31 Å². The number of carbonyl (C=O) groups excluding carboxylic acids is 2. The number of hydrogen-bond donors (Lipinski definition) is 3. The average Bonchev–Trinajstić information content (AvgIpc) is 3.31. The third kappa shape index (κ3) is 5.16. The lowest BCUT2D eigenvalue weighted by Gasteiger charge is -2.19. The molecule has 0 spiro atoms. The Bertz CT molecular complexity index is 1200. The molecule has 10 heteroatoms. The molecule has 3 aromatic rings. The van der Waals surface area contributed by atoms with Crippen LogP contribution >= 0.6 is 11.3 Å². The minimum Gasteiger partial charge on any atom is -0.506 e. The van der Waals surface area contributed by atoms with Crippen LogP contribution < -0.4 is 10.6 Å². The lowest BCUT2D eigenvalue weighted by Crippen LogP contribution is -2.30. The smallest absolute Gasteiger partial charge is 0.265 e. The third-order valence-corrected chi connectivity index (χ3v) is 7.62. The number of nitrogens with zero attached hydrogens (tertiary/aromatic N) is 1. The highest BCUT2D eigenvalue weighted by molar-refractivity contribution is 7.89. The van der Waals surface area contributed by atoms with Gasteiger partial charge in [0.2, 0.25) is 10.0 Å². The number of hydrogen-bond acceptors (Lipinski definition) is 6. The fraction of sp³-hybridized carbons (Fsp3) is 0.182. The Labute approximate surface area is 190 Å². The first kappa shape index (κ1) is 23.5. The number of amides is 2. The number of carbonyl (C=O) groups is 2. The van der Waals surface area contributed by atoms with E-state index in [-0.39, 0.29) is 27.8 Å². The molecule has 0 aliphatic heterocycles. The summed E-state index contributed by atoms with van der Waals surface area (Å²) in [6.45, 7) is 4.07. The number of aromatic hydroxyl groups is 1. The van der Waals surface area contributed by atoms with E-state index in [4.69, 9.17) is 0 Å². The van der Waals surface area contributed by atoms with Crippen LogP contribution in [0.2, 0.25) is 0 Å². The van der Waals surface area contributed by atoms with Crippen molar-refractivity contribution in [3.05, 3.63) is 70.4 Å². The molecule has 0 aliphatic carbocycles. The molecule has 1 aromatic heterocycles. The number of phenolic OH excluding ortho intramolecular Hbond substituents is 1. The predicted octanol–water partition coefficient (Wildman–Crippen LogP) is 3.99. The predicted molar refractivity (Wildman–Crippen MR) is 125 cm³/mol. The Hall–Kier alpha value is -3.21. The maximum Gasteiger partial charge on any atom is 0.265 e. The summed E-state index contributed by atoms with van der Waals surface area (Å²) in [6.07, 6.45) is 0. The SMILES string of the molecule is CCN(CC)S(=O)(=O)c1ccc(O)c(NC(=O)c2ccc(NC(=O)c3cccs3)cc2)c1. The molecule has 0 bridgehead atoms. The van der Waals surface area contributed by atoms with E-state index in [0.29, 0.717) is 23.7 Å². The van der Waals surface area contributed by atoms with Gasteiger partial charge < -0.3 is 15.7 Å². The molecule has 2 aromatic carbocycles. The second-order valence-electron chi connectivity index (χ2n) is 6.73. The molecule has 32 heavy (non-hydrogen) atoms. The summed E-state index contributed by atoms with van der Waals surface area (Å²) < 4.78 is 26.7. The molecule has 0 radical (unpaired) electrons. The van der Waals surface area contributed by atoms with Crippen LogP contribution in [-0.2, 0) is 10.0 Å². The third-order valence-electron chi connectivity index (χ3n) is 4.71. The van der Waals surface area contributed by atoms with Crippen molar-refractivity contribution in [2.24, 2.45) is 0 Å². The monoisotopic (exact) mass is 473 g/mol. The molecular formula is C22H23N3O5S2. The summed E-state index contributed by atoms with van der Waals surface area (Å²) in [5.74, 6) is -1.03. The minimum absolute atomic E-state index is 0.0155. The van der Waals surface area contributed by atoms with Crippen LogP contribution in [0.15, 0.2) is 64.9 Å². The van der Waals surface area contributed by atoms with Crippen LogP contribution in [0.1, 0.15) is 33.9 Å². The summed E-state index contributed by atoms with van der Waals surface area (Å²) >= 11 is 1.32. The highest BCUT2D eigenvalue weighted by atomic mass is 32.2. The zero-order valence-electron chi connectivity index (χ0n) is 17.5. The van der Waals surface area contributed by atoms with Crippen molar-refractivity contribution in [3.8, 4) is 5.75 Å². The van der Waals surface area contributed by atoms with Gasteiger partial charge in [0, 0.05) is 24.3 Å². The quantitative estimate of drug-likeness (QED) is 0.428. The van der Waals surface area contributed by atoms with Crippen LogP contribution in [0.3, 0.4) is 0 Å². The van der Waals surface area contributed by atoms with E-state index in [1.807, 2.05) is 0 Å². The number of phenols is 1. The molecule has 3 rings (SSSR count). The largest absolute Gasteiger partial charge is 0.506 e. The maximum atomic E-state index is 12.7. The number of nitrogens with one attached hydrogen (secondary N) is 2. The van der Waals surface area contributed by atoms with E-state index in [1.165, 1.54) is 46.0 Å². The van der Waals surface area contributed by atoms with Gasteiger partial charge in [-0.05, 0) is 53.9 Å². The van der Waals surface area contributed by atoms with Crippen molar-refractivity contribution < 1.29 is 23.1 Å². The summed E-state index contributed by atoms with van der Waals surface area (Å²) in [5.41, 5.74) is 0.781. The number of benzene rings is 2. The van der Waals surface area contributed by atoms with Crippen LogP contribution in [0.5, 0.6) is 5.75 Å². The second-order valence-corrected chi connectivity index (χ2v) is 9.62. The highest BCUT2D eigenvalue weighted by Gasteiger charge is 2.23. The Morgan fingerprint density at radius 1 is 0.969 bits per heavy atom. The molecule has 0 saturated heterocycles. The molecule has 8 nitrogen and oxygen atoms in total. The van der Waals surface area contributed by atoms with Crippen LogP contribution in [-0.4, -0.2) is 42.7 Å². The topological polar surface area (TPSA) is 116 Å². The van der Waals surface area contributed by atoms with E-state index in [9.17, 15) is 23.1 Å². The standard InChI is InChI=1S/C22H23N3O5S2/c1-3-25(4-2)32(29,30)17-11-12-19(26)18(14-17)24-21(27)15-7-9-16(10-8-15)23-22(28)20-6-5-13-31-20/h5-14,26H,3-4H2,1-2H3,(H,23,28)(H,24,27). The molecule has 1 heterocycles. The van der Waals surface area contributed by atoms with Crippen molar-refractivity contribution in [2.45, 2.75) is 18.7 Å². The second kappa shape index (κ2) is 9.94. The zero-order valence-corrected chi connectivity index (χ0v) is 19.2. The highest BCUT2D eigenvalue weighted by Crippen LogP contribution is 2.28. The molecule has 0 fully saturated rings. The lowest BCUT2D eigenvalue weighted by molar-refractivity contribution is 0.102. The van der Waals surface area contributed by atoms with Crippen molar-refractivity contribution in [1.29, 1.82) is 0 Å². The minimum atomic E-state index is -3.75. The van der Waals surface area contributed by atoms with Crippen molar-refractivity contribution >= 4 is 44.5 Å². The van der Waals surface area contributed by atoms with E-state index in [1.54, 1.807) is 43.5 Å². The van der Waals surface area contributed by atoms with Gasteiger partial charge in [0.25, 0.3) is 11.8 Å². The Kier molecular flexibility index (Phi) is 7.29. The normalized spacial score (nSPS) is 11.3. The van der Waals surface area contributed by atoms with Crippen molar-refractivity contribution in [2.75, 3.05) is 23.7 Å². The summed E-state index contributed by atoms with van der Waals surface area (Å²) in [6, 6.07) is 13.5. The first-order chi connectivity index (χ1) is 15.3. The first-order valence-electron chi connectivity index (χ1n) is 9.85. The molecule has 0 unspecified atom stereocenters. The van der Waals surface area contributed by atoms with Crippen molar-refractivity contribution in [3.63, 3.8) is 0 Å². The van der Waals surface area contributed by atoms with Gasteiger partial charge >= 0.3 is 0 Å². The Balaban J connectivity index is 1.75. The van der Waals surface area contributed by atoms with Crippen LogP contribution in [0.25, 0.3) is 0 Å². The van der Waals surface area contributed by atoms with E-state index >= 15 is 0 Å². The summed E-state index contributed by atoms with van der Waals surface area (Å²) in [5, 5.41) is 17.2. The van der Waals surface area contributed by atoms with Crippen LogP contribution in [0.4, 0.5) is 11.4 Å². The van der Waals surface area contributed by atoms with Gasteiger partial charge in [0.15, 0.2) is 0 Å². The molecule has 2 amide bonds. The Morgan fingerprint density at radius 3 is 2.25 bits per heavy atom. The molecule has 0 aliphatic rings. The number of thiophene rings is 1. The van der Waals surface area contributed by atoms with Gasteiger partial charge in [-0.2, -0.15) is 4.31 Å². The van der Waals surface area contributed by atoms with Gasteiger partial charge in [0.05, 0.1) is 15.5 Å². The summed E-state index contributed by atoms with van der Waals surface area (Å²) in [7, 11) is -3.75. The molecule has 3 N–H and O–H groups in total. The lowest BCUT2D eigenvalue weighted by atomic mass is 10.2. The van der Waals surface area contributed by atoms with Crippen LogP contribution in [0, 0.1) is 0 Å². The Morgan fingerprint density at radius 2 is 1.66 bits per heavy atom. The number of sulfonamides is 1. The maximum absolute atomic E-state index is 12.7.